The summed E-state index contributed by atoms with van der Waals surface area (Å²) in [5.41, 5.74) is 0.905. The lowest BCUT2D eigenvalue weighted by atomic mass is 10.3. The smallest absolute Gasteiger partial charge is 0.266 e. The van der Waals surface area contributed by atoms with Crippen LogP contribution in [-0.4, -0.2) is 62.4 Å². The second-order valence-electron chi connectivity index (χ2n) is 6.87. The van der Waals surface area contributed by atoms with Crippen molar-refractivity contribution in [3.8, 4) is 11.5 Å². The molecule has 9 heteroatoms. The van der Waals surface area contributed by atoms with Crippen molar-refractivity contribution in [2.75, 3.05) is 51.6 Å². The topological polar surface area (TPSA) is 54.9 Å². The Morgan fingerprint density at radius 1 is 1.06 bits per heavy atom. The van der Waals surface area contributed by atoms with Crippen LogP contribution in [0.2, 0.25) is 0 Å². The molecule has 3 rings (SSSR count). The predicted octanol–water partition coefficient (Wildman–Crippen LogP) is 4.81. The number of fused-ring (bicyclic) bond motifs is 1. The van der Waals surface area contributed by atoms with Gasteiger partial charge in [0.1, 0.15) is 11.5 Å². The molecule has 0 radical (unpaired) electrons. The molecule has 31 heavy (non-hydrogen) atoms. The van der Waals surface area contributed by atoms with Crippen LogP contribution in [0.3, 0.4) is 0 Å². The first-order valence-corrected chi connectivity index (χ1v) is 11.8. The van der Waals surface area contributed by atoms with E-state index in [0.29, 0.717) is 24.0 Å². The minimum absolute atomic E-state index is 0. The van der Waals surface area contributed by atoms with Gasteiger partial charge in [-0.25, -0.2) is 4.98 Å². The molecule has 1 heterocycles. The lowest BCUT2D eigenvalue weighted by Crippen LogP contribution is -2.39. The number of likely N-dealkylation sites (N-methyl/N-ethyl adjacent to an activating group) is 1. The third kappa shape index (κ3) is 7.00. The third-order valence-corrected chi connectivity index (χ3v) is 6.15. The zero-order valence-corrected chi connectivity index (χ0v) is 20.6. The minimum atomic E-state index is -0.116. The van der Waals surface area contributed by atoms with E-state index in [9.17, 15) is 4.79 Å². The maximum atomic E-state index is 13.0. The number of carbonyl (C=O) groups excluding carboxylic acids is 1. The van der Waals surface area contributed by atoms with Crippen LogP contribution in [0, 0.1) is 0 Å². The van der Waals surface area contributed by atoms with Crippen molar-refractivity contribution in [3.05, 3.63) is 42.5 Å². The largest absolute Gasteiger partial charge is 0.494 e. The van der Waals surface area contributed by atoms with Gasteiger partial charge in [-0.3, -0.25) is 9.69 Å². The van der Waals surface area contributed by atoms with Gasteiger partial charge in [0.05, 0.1) is 16.8 Å². The summed E-state index contributed by atoms with van der Waals surface area (Å²) >= 11 is 3.23. The van der Waals surface area contributed by atoms with Gasteiger partial charge in [0.15, 0.2) is 11.7 Å². The molecule has 6 nitrogen and oxygen atoms in total. The predicted molar refractivity (Wildman–Crippen MR) is 133 cm³/mol. The average molecular weight is 482 g/mol. The van der Waals surface area contributed by atoms with Crippen molar-refractivity contribution in [2.45, 2.75) is 11.8 Å². The lowest BCUT2D eigenvalue weighted by molar-refractivity contribution is -0.120. The van der Waals surface area contributed by atoms with Gasteiger partial charge in [-0.1, -0.05) is 11.3 Å². The van der Waals surface area contributed by atoms with Crippen molar-refractivity contribution in [1.82, 2.24) is 9.88 Å². The number of halogens is 1. The van der Waals surface area contributed by atoms with Gasteiger partial charge in [-0.2, -0.15) is 0 Å². The van der Waals surface area contributed by atoms with Crippen LogP contribution >= 0.6 is 35.5 Å². The van der Waals surface area contributed by atoms with Crippen LogP contribution in [0.15, 0.2) is 47.4 Å². The monoisotopic (exact) mass is 481 g/mol. The first-order valence-electron chi connectivity index (χ1n) is 9.75. The second-order valence-corrected chi connectivity index (χ2v) is 8.76. The van der Waals surface area contributed by atoms with Crippen LogP contribution < -0.4 is 14.4 Å². The molecule has 0 aliphatic carbocycles. The van der Waals surface area contributed by atoms with Gasteiger partial charge in [-0.05, 0) is 69.7 Å². The molecule has 0 saturated heterocycles. The zero-order valence-electron chi connectivity index (χ0n) is 18.2. The fourth-order valence-corrected chi connectivity index (χ4v) is 4.35. The van der Waals surface area contributed by atoms with E-state index in [1.165, 1.54) is 16.2 Å². The van der Waals surface area contributed by atoms with Crippen molar-refractivity contribution < 1.29 is 14.3 Å². The number of benzene rings is 2. The second kappa shape index (κ2) is 12.1. The molecule has 1 amide bonds. The van der Waals surface area contributed by atoms with Crippen molar-refractivity contribution >= 4 is 56.8 Å². The highest BCUT2D eigenvalue weighted by Gasteiger charge is 2.20. The number of nitrogens with zero attached hydrogens (tertiary/aromatic N) is 3. The zero-order chi connectivity index (χ0) is 21.5. The number of carbonyl (C=O) groups is 1. The Hall–Kier alpha value is -2.00. The van der Waals surface area contributed by atoms with Gasteiger partial charge in [-0.15, -0.1) is 24.2 Å². The Balaban J connectivity index is 0.00000341. The summed E-state index contributed by atoms with van der Waals surface area (Å²) in [5, 5.41) is 0.699. The number of rotatable bonds is 10. The highest BCUT2D eigenvalue weighted by atomic mass is 35.5. The van der Waals surface area contributed by atoms with E-state index < -0.39 is 0 Å². The lowest BCUT2D eigenvalue weighted by Gasteiger charge is -2.22. The molecular formula is C22H28ClN3O3S2. The van der Waals surface area contributed by atoms with E-state index in [4.69, 9.17) is 14.5 Å². The molecule has 0 unspecified atom stereocenters. The van der Waals surface area contributed by atoms with Gasteiger partial charge < -0.3 is 14.4 Å². The van der Waals surface area contributed by atoms with Gasteiger partial charge in [0.2, 0.25) is 0 Å². The van der Waals surface area contributed by atoms with Crippen LogP contribution in [-0.2, 0) is 4.79 Å². The third-order valence-electron chi connectivity index (χ3n) is 4.38. The molecule has 2 aromatic carbocycles. The summed E-state index contributed by atoms with van der Waals surface area (Å²) in [6, 6.07) is 13.5. The van der Waals surface area contributed by atoms with E-state index in [0.717, 1.165) is 22.5 Å². The number of thiazole rings is 1. The molecule has 168 valence electrons. The molecule has 1 aromatic heterocycles. The Bertz CT molecular complexity index is 980. The normalized spacial score (nSPS) is 10.7. The fourth-order valence-electron chi connectivity index (χ4n) is 2.78. The van der Waals surface area contributed by atoms with Gasteiger partial charge in [0.25, 0.3) is 5.91 Å². The highest BCUT2D eigenvalue weighted by Crippen LogP contribution is 2.31. The molecule has 0 saturated carbocycles. The first kappa shape index (κ1) is 25.3. The van der Waals surface area contributed by atoms with Crippen molar-refractivity contribution in [3.63, 3.8) is 0 Å². The first-order chi connectivity index (χ1) is 14.5. The Labute approximate surface area is 197 Å². The highest BCUT2D eigenvalue weighted by molar-refractivity contribution is 7.98. The maximum absolute atomic E-state index is 13.0. The Kier molecular flexibility index (Phi) is 9.90. The number of thioether (sulfide) groups is 1. The van der Waals surface area contributed by atoms with Crippen LogP contribution in [0.4, 0.5) is 5.13 Å². The van der Waals surface area contributed by atoms with Crippen molar-refractivity contribution in [2.24, 2.45) is 0 Å². The molecule has 0 bridgehead atoms. The Morgan fingerprint density at radius 2 is 1.74 bits per heavy atom. The number of ether oxygens (including phenoxy) is 2. The van der Waals surface area contributed by atoms with E-state index in [-0.39, 0.29) is 24.9 Å². The molecule has 0 fully saturated rings. The van der Waals surface area contributed by atoms with E-state index in [1.54, 1.807) is 16.7 Å². The molecule has 0 atom stereocenters. The number of hydrogen-bond acceptors (Lipinski definition) is 7. The van der Waals surface area contributed by atoms with E-state index in [1.807, 2.05) is 62.5 Å². The molecular weight excluding hydrogens is 454 g/mol. The molecule has 3 aromatic rings. The number of hydrogen-bond donors (Lipinski definition) is 0. The number of amides is 1. The van der Waals surface area contributed by atoms with Crippen LogP contribution in [0.5, 0.6) is 11.5 Å². The number of anilines is 1. The molecule has 0 aliphatic heterocycles. The summed E-state index contributed by atoms with van der Waals surface area (Å²) in [4.78, 5) is 22.7. The molecule has 0 spiro atoms. The number of aromatic nitrogens is 1. The molecule has 0 aliphatic rings. The molecule has 0 N–H and O–H groups in total. The quantitative estimate of drug-likeness (QED) is 0.387. The fraction of sp³-hybridized carbons (Fsp3) is 0.364. The van der Waals surface area contributed by atoms with Crippen LogP contribution in [0.1, 0.15) is 6.92 Å². The van der Waals surface area contributed by atoms with Gasteiger partial charge in [0, 0.05) is 18.0 Å². The summed E-state index contributed by atoms with van der Waals surface area (Å²) in [7, 11) is 3.98. The van der Waals surface area contributed by atoms with Crippen LogP contribution in [0.25, 0.3) is 10.2 Å². The summed E-state index contributed by atoms with van der Waals surface area (Å²) in [6.45, 7) is 3.79. The summed E-state index contributed by atoms with van der Waals surface area (Å²) < 4.78 is 12.2. The standard InChI is InChI=1S/C22H27N3O3S2.ClH/c1-5-27-16-6-8-17(9-7-16)28-15-21(26)25(13-12-24(2)3)22-23-19-11-10-18(29-4)14-20(19)30-22;/h6-11,14H,5,12-13,15H2,1-4H3;1H. The van der Waals surface area contributed by atoms with Gasteiger partial charge >= 0.3 is 0 Å². The summed E-state index contributed by atoms with van der Waals surface area (Å²) in [6.07, 6.45) is 2.05. The summed E-state index contributed by atoms with van der Waals surface area (Å²) in [5.74, 6) is 1.30. The SMILES string of the molecule is CCOc1ccc(OCC(=O)N(CCN(C)C)c2nc3ccc(SC)cc3s2)cc1.Cl. The van der Waals surface area contributed by atoms with Crippen molar-refractivity contribution in [1.29, 1.82) is 0 Å². The minimum Gasteiger partial charge on any atom is -0.494 e. The average Bonchev–Trinajstić information content (AvgIpc) is 3.16. The maximum Gasteiger partial charge on any atom is 0.266 e. The van der Waals surface area contributed by atoms with E-state index >= 15 is 0 Å². The Morgan fingerprint density at radius 3 is 2.35 bits per heavy atom. The van der Waals surface area contributed by atoms with E-state index in [2.05, 4.69) is 12.1 Å².